The van der Waals surface area contributed by atoms with Crippen LogP contribution >= 0.6 is 11.6 Å². The van der Waals surface area contributed by atoms with E-state index in [0.29, 0.717) is 17.5 Å². The van der Waals surface area contributed by atoms with E-state index in [1.807, 2.05) is 49.6 Å². The van der Waals surface area contributed by atoms with Gasteiger partial charge in [0.1, 0.15) is 16.6 Å². The molecule has 0 aliphatic heterocycles. The summed E-state index contributed by atoms with van der Waals surface area (Å²) in [5.41, 5.74) is 3.57. The zero-order valence-electron chi connectivity index (χ0n) is 15.5. The molecule has 4 aromatic rings. The molecule has 0 spiro atoms. The largest absolute Gasteiger partial charge is 0.497 e. The van der Waals surface area contributed by atoms with Crippen LogP contribution in [0.15, 0.2) is 54.9 Å². The maximum absolute atomic E-state index is 6.05. The summed E-state index contributed by atoms with van der Waals surface area (Å²) in [6, 6.07) is 13.6. The number of halogens is 1. The van der Waals surface area contributed by atoms with Crippen LogP contribution in [0, 0.1) is 0 Å². The third kappa shape index (κ3) is 3.99. The van der Waals surface area contributed by atoms with Gasteiger partial charge in [0.25, 0.3) is 0 Å². The molecule has 0 aliphatic rings. The molecule has 2 heterocycles. The van der Waals surface area contributed by atoms with Crippen molar-refractivity contribution in [2.24, 2.45) is 7.05 Å². The number of fused-ring (bicyclic) bond motifs is 1. The highest BCUT2D eigenvalue weighted by atomic mass is 35.5. The van der Waals surface area contributed by atoms with Crippen LogP contribution in [0.2, 0.25) is 5.15 Å². The highest BCUT2D eigenvalue weighted by molar-refractivity contribution is 6.29. The third-order valence-electron chi connectivity index (χ3n) is 4.25. The van der Waals surface area contributed by atoms with Crippen molar-refractivity contribution in [1.29, 1.82) is 0 Å². The minimum absolute atomic E-state index is 0.330. The molecular weight excluding hydrogens is 376 g/mol. The van der Waals surface area contributed by atoms with E-state index in [9.17, 15) is 0 Å². The Bertz CT molecular complexity index is 1110. The molecule has 0 radical (unpaired) electrons. The lowest BCUT2D eigenvalue weighted by Gasteiger charge is -2.12. The van der Waals surface area contributed by atoms with Gasteiger partial charge in [0, 0.05) is 30.0 Å². The number of nitrogens with one attached hydrogen (secondary N) is 2. The van der Waals surface area contributed by atoms with E-state index in [2.05, 4.69) is 31.8 Å². The Balaban J connectivity index is 1.53. The lowest BCUT2D eigenvalue weighted by Crippen LogP contribution is -2.07. The van der Waals surface area contributed by atoms with Gasteiger partial charge in [0.05, 0.1) is 25.4 Å². The molecular formula is C20H19ClN6O. The zero-order valence-corrected chi connectivity index (χ0v) is 16.2. The number of methoxy groups -OCH3 is 1. The first-order valence-corrected chi connectivity index (χ1v) is 9.08. The minimum Gasteiger partial charge on any atom is -0.497 e. The molecule has 0 unspecified atom stereocenters. The summed E-state index contributed by atoms with van der Waals surface area (Å²) in [4.78, 5) is 8.81. The predicted molar refractivity (Wildman–Crippen MR) is 111 cm³/mol. The van der Waals surface area contributed by atoms with E-state index in [4.69, 9.17) is 16.3 Å². The topological polar surface area (TPSA) is 76.9 Å². The Morgan fingerprint density at radius 2 is 1.89 bits per heavy atom. The first-order valence-electron chi connectivity index (χ1n) is 8.70. The van der Waals surface area contributed by atoms with Gasteiger partial charge in [0.2, 0.25) is 0 Å². The number of rotatable bonds is 6. The maximum Gasteiger partial charge on any atom is 0.155 e. The number of nitrogens with zero attached hydrogens (tertiary/aromatic N) is 4. The molecule has 0 saturated carbocycles. The Hall–Kier alpha value is -3.32. The Morgan fingerprint density at radius 1 is 1.11 bits per heavy atom. The minimum atomic E-state index is 0.330. The lowest BCUT2D eigenvalue weighted by molar-refractivity contribution is 0.415. The SMILES string of the molecule is COc1ccc(Nc2nc(Cl)cnc2CNc2ccc3nn(C)cc3c2)cc1. The monoisotopic (exact) mass is 394 g/mol. The first-order chi connectivity index (χ1) is 13.6. The second-order valence-corrected chi connectivity index (χ2v) is 6.66. The Morgan fingerprint density at radius 3 is 2.68 bits per heavy atom. The van der Waals surface area contributed by atoms with Crippen molar-refractivity contribution < 1.29 is 4.74 Å². The van der Waals surface area contributed by atoms with E-state index < -0.39 is 0 Å². The first kappa shape index (κ1) is 18.1. The number of hydrogen-bond donors (Lipinski definition) is 2. The smallest absolute Gasteiger partial charge is 0.155 e. The zero-order chi connectivity index (χ0) is 19.5. The van der Waals surface area contributed by atoms with Crippen LogP contribution in [0.4, 0.5) is 17.2 Å². The second-order valence-electron chi connectivity index (χ2n) is 6.27. The fourth-order valence-electron chi connectivity index (χ4n) is 2.88. The van der Waals surface area contributed by atoms with Gasteiger partial charge in [0.15, 0.2) is 5.82 Å². The van der Waals surface area contributed by atoms with Crippen molar-refractivity contribution in [3.05, 3.63) is 65.7 Å². The van der Waals surface area contributed by atoms with E-state index >= 15 is 0 Å². The van der Waals surface area contributed by atoms with Crippen LogP contribution in [-0.2, 0) is 13.6 Å². The summed E-state index contributed by atoms with van der Waals surface area (Å²) in [7, 11) is 3.55. The highest BCUT2D eigenvalue weighted by Gasteiger charge is 2.09. The predicted octanol–water partition coefficient (Wildman–Crippen LogP) is 4.38. The van der Waals surface area contributed by atoms with Gasteiger partial charge < -0.3 is 15.4 Å². The number of hydrogen-bond acceptors (Lipinski definition) is 6. The number of ether oxygens (including phenoxy) is 1. The van der Waals surface area contributed by atoms with Gasteiger partial charge in [-0.15, -0.1) is 0 Å². The molecule has 28 heavy (non-hydrogen) atoms. The van der Waals surface area contributed by atoms with Gasteiger partial charge in [-0.05, 0) is 42.5 Å². The maximum atomic E-state index is 6.05. The van der Waals surface area contributed by atoms with Crippen LogP contribution < -0.4 is 15.4 Å². The summed E-state index contributed by atoms with van der Waals surface area (Å²) in [6.07, 6.45) is 3.53. The molecule has 0 atom stereocenters. The molecule has 2 N–H and O–H groups in total. The molecule has 0 bridgehead atoms. The summed E-state index contributed by atoms with van der Waals surface area (Å²) in [5, 5.41) is 12.4. The number of anilines is 3. The van der Waals surface area contributed by atoms with Crippen molar-refractivity contribution in [1.82, 2.24) is 19.7 Å². The molecule has 2 aromatic carbocycles. The molecule has 0 aliphatic carbocycles. The Labute approximate surface area is 167 Å². The number of benzene rings is 2. The molecule has 0 fully saturated rings. The summed E-state index contributed by atoms with van der Waals surface area (Å²) in [6.45, 7) is 0.494. The van der Waals surface area contributed by atoms with Gasteiger partial charge in [-0.25, -0.2) is 4.98 Å². The summed E-state index contributed by atoms with van der Waals surface area (Å²) < 4.78 is 6.99. The van der Waals surface area contributed by atoms with E-state index in [1.54, 1.807) is 18.0 Å². The van der Waals surface area contributed by atoms with Crippen molar-refractivity contribution >= 4 is 39.7 Å². The van der Waals surface area contributed by atoms with Crippen molar-refractivity contribution in [2.45, 2.75) is 6.54 Å². The van der Waals surface area contributed by atoms with E-state index in [1.165, 1.54) is 0 Å². The van der Waals surface area contributed by atoms with Crippen molar-refractivity contribution in [3.63, 3.8) is 0 Å². The quantitative estimate of drug-likeness (QED) is 0.505. The van der Waals surface area contributed by atoms with Crippen LogP contribution in [-0.4, -0.2) is 26.9 Å². The fraction of sp³-hybridized carbons (Fsp3) is 0.150. The normalized spacial score (nSPS) is 10.8. The van der Waals surface area contributed by atoms with E-state index in [0.717, 1.165) is 33.7 Å². The van der Waals surface area contributed by atoms with Crippen LogP contribution in [0.3, 0.4) is 0 Å². The third-order valence-corrected chi connectivity index (χ3v) is 4.43. The molecule has 0 saturated heterocycles. The van der Waals surface area contributed by atoms with Gasteiger partial charge >= 0.3 is 0 Å². The molecule has 7 nitrogen and oxygen atoms in total. The molecule has 0 amide bonds. The average molecular weight is 395 g/mol. The fourth-order valence-corrected chi connectivity index (χ4v) is 3.01. The highest BCUT2D eigenvalue weighted by Crippen LogP contribution is 2.23. The number of aromatic nitrogens is 4. The van der Waals surface area contributed by atoms with Gasteiger partial charge in [-0.2, -0.15) is 5.10 Å². The second kappa shape index (κ2) is 7.74. The van der Waals surface area contributed by atoms with Crippen LogP contribution in [0.25, 0.3) is 10.9 Å². The molecule has 2 aromatic heterocycles. The van der Waals surface area contributed by atoms with Crippen molar-refractivity contribution in [2.75, 3.05) is 17.7 Å². The van der Waals surface area contributed by atoms with Crippen LogP contribution in [0.1, 0.15) is 5.69 Å². The standard InChI is InChI=1S/C20H19ClN6O/c1-27-12-13-9-15(5-8-17(13)26-27)22-10-18-20(25-19(21)11-23-18)24-14-3-6-16(28-2)7-4-14/h3-9,11-12,22H,10H2,1-2H3,(H,24,25). The Kier molecular flexibility index (Phi) is 4.99. The lowest BCUT2D eigenvalue weighted by atomic mass is 10.2. The molecule has 142 valence electrons. The molecule has 4 rings (SSSR count). The van der Waals surface area contributed by atoms with Gasteiger partial charge in [-0.1, -0.05) is 11.6 Å². The van der Waals surface area contributed by atoms with E-state index in [-0.39, 0.29) is 0 Å². The van der Waals surface area contributed by atoms with Crippen LogP contribution in [0.5, 0.6) is 5.75 Å². The van der Waals surface area contributed by atoms with Crippen molar-refractivity contribution in [3.8, 4) is 5.75 Å². The summed E-state index contributed by atoms with van der Waals surface area (Å²) >= 11 is 6.05. The molecule has 8 heteroatoms. The average Bonchev–Trinajstić information content (AvgIpc) is 3.07. The number of aryl methyl sites for hydroxylation is 1. The van der Waals surface area contributed by atoms with Gasteiger partial charge in [-0.3, -0.25) is 9.67 Å². The summed E-state index contributed by atoms with van der Waals surface area (Å²) in [5.74, 6) is 1.39.